The van der Waals surface area contributed by atoms with Gasteiger partial charge in [0, 0.05) is 54.3 Å². The molecule has 3 fully saturated rings. The minimum atomic E-state index is -0.718. The van der Waals surface area contributed by atoms with E-state index in [9.17, 15) is 9.59 Å². The SMILES string of the molecule is COc1cc(C(=O)[C@]23CC[C@H](CN2)[C@H]3N)cc2nc(-c3cc4cccc(-c5ccc6c(=O)[nH]ccc6c5)c4n3CC3CC3)n(C)c12. The Hall–Kier alpha value is -4.73. The second-order valence-corrected chi connectivity index (χ2v) is 13.5. The number of aryl methyl sites for hydroxylation is 1. The van der Waals surface area contributed by atoms with Crippen LogP contribution in [0.25, 0.3) is 55.4 Å². The number of ketones is 1. The predicted molar refractivity (Wildman–Crippen MR) is 180 cm³/mol. The minimum absolute atomic E-state index is 0.0252. The van der Waals surface area contributed by atoms with Gasteiger partial charge in [0.15, 0.2) is 11.6 Å². The number of pyridine rings is 1. The molecule has 2 bridgehead atoms. The molecule has 9 nitrogen and oxygen atoms in total. The Balaban J connectivity index is 1.22. The van der Waals surface area contributed by atoms with Crippen LogP contribution in [-0.2, 0) is 13.6 Å². The molecule has 4 heterocycles. The number of nitrogens with zero attached hydrogens (tertiary/aromatic N) is 3. The summed E-state index contributed by atoms with van der Waals surface area (Å²) < 4.78 is 10.4. The number of piperidine rings is 1. The van der Waals surface area contributed by atoms with E-state index in [-0.39, 0.29) is 17.4 Å². The molecule has 9 rings (SSSR count). The average Bonchev–Trinajstić information content (AvgIpc) is 3.49. The first-order valence-corrected chi connectivity index (χ1v) is 16.2. The average molecular weight is 613 g/mol. The summed E-state index contributed by atoms with van der Waals surface area (Å²) in [6.45, 7) is 1.67. The lowest BCUT2D eigenvalue weighted by Crippen LogP contribution is -2.56. The van der Waals surface area contributed by atoms with Crippen molar-refractivity contribution in [3.8, 4) is 28.4 Å². The number of carbonyl (C=O) groups excluding carboxylic acids is 1. The van der Waals surface area contributed by atoms with Gasteiger partial charge in [0.05, 0.1) is 29.4 Å². The van der Waals surface area contributed by atoms with E-state index in [0.29, 0.717) is 28.5 Å². The fourth-order valence-corrected chi connectivity index (χ4v) is 8.19. The maximum Gasteiger partial charge on any atom is 0.255 e. The Morgan fingerprint density at radius 3 is 2.67 bits per heavy atom. The molecule has 0 spiro atoms. The van der Waals surface area contributed by atoms with Crippen LogP contribution in [0.1, 0.15) is 36.0 Å². The lowest BCUT2D eigenvalue weighted by Gasteiger charge is -2.29. The van der Waals surface area contributed by atoms with Crippen LogP contribution in [0.3, 0.4) is 0 Å². The van der Waals surface area contributed by atoms with E-state index in [1.165, 1.54) is 12.8 Å². The fourth-order valence-electron chi connectivity index (χ4n) is 8.19. The molecule has 2 aliphatic carbocycles. The number of rotatable bonds is 7. The van der Waals surface area contributed by atoms with Crippen LogP contribution in [0.15, 0.2) is 71.7 Å². The highest BCUT2D eigenvalue weighted by Crippen LogP contribution is 2.43. The number of nitrogens with one attached hydrogen (secondary N) is 2. The monoisotopic (exact) mass is 612 g/mol. The first kappa shape index (κ1) is 27.6. The number of nitrogens with two attached hydrogens (primary N) is 1. The molecule has 2 saturated carbocycles. The van der Waals surface area contributed by atoms with E-state index in [1.54, 1.807) is 13.3 Å². The zero-order valence-electron chi connectivity index (χ0n) is 26.0. The molecular formula is C37H36N6O3. The second kappa shape index (κ2) is 9.88. The van der Waals surface area contributed by atoms with Gasteiger partial charge in [-0.2, -0.15) is 0 Å². The number of aromatic amines is 1. The van der Waals surface area contributed by atoms with Crippen molar-refractivity contribution in [3.63, 3.8) is 0 Å². The molecule has 46 heavy (non-hydrogen) atoms. The number of Topliss-reactive ketones (excluding diaryl/α,β-unsaturated/α-hetero) is 1. The van der Waals surface area contributed by atoms with Crippen molar-refractivity contribution >= 4 is 38.5 Å². The highest BCUT2D eigenvalue weighted by Gasteiger charge is 2.56. The number of imidazole rings is 1. The van der Waals surface area contributed by atoms with Crippen LogP contribution >= 0.6 is 0 Å². The third kappa shape index (κ3) is 3.91. The van der Waals surface area contributed by atoms with Gasteiger partial charge in [-0.1, -0.05) is 24.3 Å². The number of hydrogen-bond acceptors (Lipinski definition) is 6. The number of hydrogen-bond donors (Lipinski definition) is 3. The molecule has 3 atom stereocenters. The Bertz CT molecular complexity index is 2280. The molecule has 3 aromatic heterocycles. The van der Waals surface area contributed by atoms with Crippen molar-refractivity contribution in [1.82, 2.24) is 24.4 Å². The zero-order valence-corrected chi connectivity index (χ0v) is 26.0. The second-order valence-electron chi connectivity index (χ2n) is 13.5. The van der Waals surface area contributed by atoms with E-state index in [4.69, 9.17) is 15.5 Å². The first-order chi connectivity index (χ1) is 22.4. The number of ether oxygens (including phenoxy) is 1. The first-order valence-electron chi connectivity index (χ1n) is 16.2. The summed E-state index contributed by atoms with van der Waals surface area (Å²) in [5, 5.41) is 6.18. The van der Waals surface area contributed by atoms with Crippen molar-refractivity contribution in [2.45, 2.75) is 43.8 Å². The zero-order chi connectivity index (χ0) is 31.3. The van der Waals surface area contributed by atoms with Crippen LogP contribution in [0.4, 0.5) is 0 Å². The van der Waals surface area contributed by atoms with E-state index >= 15 is 0 Å². The quantitative estimate of drug-likeness (QED) is 0.208. The third-order valence-electron chi connectivity index (χ3n) is 10.9. The fraction of sp³-hybridized carbons (Fsp3) is 0.324. The van der Waals surface area contributed by atoms with Gasteiger partial charge in [-0.25, -0.2) is 4.98 Å². The van der Waals surface area contributed by atoms with Crippen LogP contribution in [0.2, 0.25) is 0 Å². The maximum absolute atomic E-state index is 14.0. The summed E-state index contributed by atoms with van der Waals surface area (Å²) in [7, 11) is 3.66. The Kier molecular flexibility index (Phi) is 5.92. The predicted octanol–water partition coefficient (Wildman–Crippen LogP) is 5.38. The molecule has 6 aromatic rings. The van der Waals surface area contributed by atoms with E-state index in [2.05, 4.69) is 49.8 Å². The lowest BCUT2D eigenvalue weighted by atomic mass is 9.85. The summed E-state index contributed by atoms with van der Waals surface area (Å²) in [6, 6.07) is 20.2. The minimum Gasteiger partial charge on any atom is -0.494 e. The third-order valence-corrected chi connectivity index (χ3v) is 10.9. The summed E-state index contributed by atoms with van der Waals surface area (Å²) in [4.78, 5) is 34.4. The summed E-state index contributed by atoms with van der Waals surface area (Å²) in [5.41, 5.74) is 12.3. The molecular weight excluding hydrogens is 576 g/mol. The Morgan fingerprint density at radius 2 is 1.93 bits per heavy atom. The number of benzene rings is 3. The van der Waals surface area contributed by atoms with E-state index in [1.807, 2.05) is 37.4 Å². The largest absolute Gasteiger partial charge is 0.494 e. The van der Waals surface area contributed by atoms with E-state index in [0.717, 1.165) is 75.9 Å². The highest BCUT2D eigenvalue weighted by atomic mass is 16.5. The lowest BCUT2D eigenvalue weighted by molar-refractivity contribution is 0.0858. The molecule has 0 unspecified atom stereocenters. The molecule has 3 aliphatic rings. The standard InChI is InChI=1S/C37H36N6O3/c1-42-32-28(15-25(17-30(32)46-2)34(44)37-12-10-24(18-40-37)33(37)38)41-35(42)29-16-23-4-3-5-26(31(23)43(29)19-20-6-7-20)21-8-9-27-22(14-21)11-13-39-36(27)45/h3-5,8-9,11,13-17,20,24,33,40H,6-7,10,12,18-19,38H2,1-2H3,(H,39,45)/t24-,33-,37-/m1/s1. The van der Waals surface area contributed by atoms with Crippen LogP contribution in [0, 0.1) is 11.8 Å². The smallest absolute Gasteiger partial charge is 0.255 e. The Labute approximate surface area is 265 Å². The van der Waals surface area contributed by atoms with Crippen molar-refractivity contribution in [2.24, 2.45) is 24.6 Å². The molecule has 9 heteroatoms. The number of aromatic nitrogens is 4. The number of methoxy groups -OCH3 is 1. The molecule has 4 N–H and O–H groups in total. The van der Waals surface area contributed by atoms with Gasteiger partial charge in [-0.3, -0.25) is 9.59 Å². The molecule has 1 aliphatic heterocycles. The number of carbonyl (C=O) groups is 1. The van der Waals surface area contributed by atoms with Gasteiger partial charge in [-0.05, 0) is 84.9 Å². The topological polar surface area (TPSA) is 120 Å². The van der Waals surface area contributed by atoms with Gasteiger partial charge >= 0.3 is 0 Å². The molecule has 232 valence electrons. The van der Waals surface area contributed by atoms with Gasteiger partial charge in [0.1, 0.15) is 11.3 Å². The molecule has 3 aromatic carbocycles. The number of para-hydroxylation sites is 1. The van der Waals surface area contributed by atoms with Crippen molar-refractivity contribution in [2.75, 3.05) is 13.7 Å². The van der Waals surface area contributed by atoms with Crippen molar-refractivity contribution in [3.05, 3.63) is 82.8 Å². The van der Waals surface area contributed by atoms with Gasteiger partial charge in [-0.15, -0.1) is 0 Å². The van der Waals surface area contributed by atoms with Gasteiger partial charge in [0.25, 0.3) is 5.56 Å². The van der Waals surface area contributed by atoms with Crippen LogP contribution < -0.4 is 21.3 Å². The number of fused-ring (bicyclic) bond motifs is 5. The molecule has 0 radical (unpaired) electrons. The van der Waals surface area contributed by atoms with Crippen molar-refractivity contribution in [1.29, 1.82) is 0 Å². The maximum atomic E-state index is 14.0. The molecule has 1 saturated heterocycles. The normalized spacial score (nSPS) is 22.4. The molecule has 0 amide bonds. The summed E-state index contributed by atoms with van der Waals surface area (Å²) in [6.07, 6.45) is 5.84. The highest BCUT2D eigenvalue weighted by molar-refractivity contribution is 6.08. The summed E-state index contributed by atoms with van der Waals surface area (Å²) >= 11 is 0. The van der Waals surface area contributed by atoms with Crippen LogP contribution in [0.5, 0.6) is 5.75 Å². The van der Waals surface area contributed by atoms with Gasteiger partial charge < -0.3 is 29.9 Å². The van der Waals surface area contributed by atoms with Gasteiger partial charge in [0.2, 0.25) is 0 Å². The van der Waals surface area contributed by atoms with E-state index < -0.39 is 5.54 Å². The van der Waals surface area contributed by atoms with Crippen LogP contribution in [-0.4, -0.2) is 50.1 Å². The Morgan fingerprint density at radius 1 is 1.07 bits per heavy atom. The number of H-pyrrole nitrogens is 1. The summed E-state index contributed by atoms with van der Waals surface area (Å²) in [5.74, 6) is 2.42. The van der Waals surface area contributed by atoms with Crippen molar-refractivity contribution < 1.29 is 9.53 Å².